The maximum atomic E-state index is 12.5. The first kappa shape index (κ1) is 19.8. The molecule has 0 unspecified atom stereocenters. The smallest absolute Gasteiger partial charge is 0.488 e. The van der Waals surface area contributed by atoms with E-state index >= 15 is 0 Å². The Labute approximate surface area is 174 Å². The van der Waals surface area contributed by atoms with Crippen molar-refractivity contribution in [1.29, 1.82) is 0 Å². The monoisotopic (exact) mass is 540 g/mol. The van der Waals surface area contributed by atoms with Gasteiger partial charge in [-0.2, -0.15) is 21.6 Å². The molecule has 0 spiro atoms. The lowest BCUT2D eigenvalue weighted by molar-refractivity contribution is -0.0500. The van der Waals surface area contributed by atoms with Crippen molar-refractivity contribution >= 4 is 44.1 Å². The molecule has 12 heteroatoms. The van der Waals surface area contributed by atoms with Crippen LogP contribution in [0.4, 0.5) is 13.2 Å². The molecule has 1 aliphatic rings. The van der Waals surface area contributed by atoms with E-state index in [1.807, 2.05) is 0 Å². The minimum Gasteiger partial charge on any atom is -0.488 e. The third-order valence-corrected chi connectivity index (χ3v) is 5.65. The van der Waals surface area contributed by atoms with Crippen LogP contribution >= 0.6 is 23.0 Å². The van der Waals surface area contributed by atoms with Crippen LogP contribution in [0.5, 0.6) is 17.2 Å². The van der Waals surface area contributed by atoms with Gasteiger partial charge in [-0.25, -0.2) is 4.79 Å². The van der Waals surface area contributed by atoms with Crippen LogP contribution in [0.15, 0.2) is 45.6 Å². The largest absolute Gasteiger partial charge is 0.534 e. The van der Waals surface area contributed by atoms with Gasteiger partial charge in [0.2, 0.25) is 0 Å². The van der Waals surface area contributed by atoms with Gasteiger partial charge in [0.25, 0.3) is 0 Å². The SMILES string of the molecule is O=c1oc2cc(OI)ccc2c2c1-c1ccc(OS(=O)(=O)C(F)(F)F)cc1OC2. The molecule has 0 fully saturated rings. The number of alkyl halides is 3. The molecule has 29 heavy (non-hydrogen) atoms. The first-order chi connectivity index (χ1) is 13.6. The van der Waals surface area contributed by atoms with E-state index in [1.165, 1.54) is 12.1 Å². The van der Waals surface area contributed by atoms with Crippen molar-refractivity contribution in [2.75, 3.05) is 0 Å². The van der Waals surface area contributed by atoms with E-state index in [4.69, 9.17) is 12.2 Å². The van der Waals surface area contributed by atoms with E-state index in [0.717, 1.165) is 12.1 Å². The third-order valence-electron chi connectivity index (χ3n) is 4.16. The second-order valence-corrected chi connectivity index (χ2v) is 7.89. The van der Waals surface area contributed by atoms with Gasteiger partial charge in [-0.15, -0.1) is 0 Å². The number of benzene rings is 2. The summed E-state index contributed by atoms with van der Waals surface area (Å²) >= 11 is 1.69. The maximum absolute atomic E-state index is 12.5. The Kier molecular flexibility index (Phi) is 4.64. The van der Waals surface area contributed by atoms with E-state index < -0.39 is 27.0 Å². The summed E-state index contributed by atoms with van der Waals surface area (Å²) < 4.78 is 79.9. The molecule has 2 heterocycles. The first-order valence-electron chi connectivity index (χ1n) is 7.77. The highest BCUT2D eigenvalue weighted by molar-refractivity contribution is 14.1. The first-order valence-corrected chi connectivity index (χ1v) is 10.1. The molecule has 0 bridgehead atoms. The molecule has 0 radical (unpaired) electrons. The molecular weight excluding hydrogens is 532 g/mol. The molecule has 7 nitrogen and oxygen atoms in total. The fourth-order valence-corrected chi connectivity index (χ4v) is 3.65. The second kappa shape index (κ2) is 6.79. The molecule has 0 saturated carbocycles. The highest BCUT2D eigenvalue weighted by atomic mass is 127. The van der Waals surface area contributed by atoms with Gasteiger partial charge in [0, 0.05) is 28.6 Å². The highest BCUT2D eigenvalue weighted by Crippen LogP contribution is 2.41. The van der Waals surface area contributed by atoms with Gasteiger partial charge in [0.1, 0.15) is 29.4 Å². The van der Waals surface area contributed by atoms with Crippen molar-refractivity contribution in [3.8, 4) is 28.4 Å². The Balaban J connectivity index is 1.82. The average Bonchev–Trinajstić information content (AvgIpc) is 2.65. The number of ether oxygens (including phenoxy) is 1. The normalized spacial score (nSPS) is 13.4. The Morgan fingerprint density at radius 1 is 1.07 bits per heavy atom. The Morgan fingerprint density at radius 2 is 1.79 bits per heavy atom. The Bertz CT molecular complexity index is 1300. The van der Waals surface area contributed by atoms with Gasteiger partial charge in [-0.3, -0.25) is 0 Å². The molecule has 4 rings (SSSR count). The zero-order valence-corrected chi connectivity index (χ0v) is 16.9. The minimum absolute atomic E-state index is 0.00811. The van der Waals surface area contributed by atoms with Crippen molar-refractivity contribution in [2.45, 2.75) is 12.1 Å². The van der Waals surface area contributed by atoms with Crippen molar-refractivity contribution in [3.63, 3.8) is 0 Å². The van der Waals surface area contributed by atoms with Crippen LogP contribution in [-0.2, 0) is 16.7 Å². The Morgan fingerprint density at radius 3 is 2.48 bits per heavy atom. The van der Waals surface area contributed by atoms with Gasteiger partial charge in [-0.1, -0.05) is 0 Å². The van der Waals surface area contributed by atoms with Crippen LogP contribution in [0, 0.1) is 0 Å². The molecule has 1 aliphatic heterocycles. The summed E-state index contributed by atoms with van der Waals surface area (Å²) in [6.45, 7) is -0.0790. The fourth-order valence-electron chi connectivity index (χ4n) is 2.92. The topological polar surface area (TPSA) is 92.0 Å². The summed E-state index contributed by atoms with van der Waals surface area (Å²) in [5, 5.41) is 0.599. The third kappa shape index (κ3) is 3.39. The van der Waals surface area contributed by atoms with E-state index in [9.17, 15) is 26.4 Å². The van der Waals surface area contributed by atoms with Crippen molar-refractivity contribution in [1.82, 2.24) is 0 Å². The molecule has 0 N–H and O–H groups in total. The molecule has 152 valence electrons. The minimum atomic E-state index is -5.83. The van der Waals surface area contributed by atoms with Gasteiger partial charge >= 0.3 is 21.3 Å². The number of fused-ring (bicyclic) bond motifs is 5. The number of rotatable bonds is 3. The van der Waals surface area contributed by atoms with Gasteiger partial charge in [-0.05, 0) is 24.3 Å². The van der Waals surface area contributed by atoms with E-state index in [2.05, 4.69) is 4.18 Å². The van der Waals surface area contributed by atoms with E-state index in [-0.39, 0.29) is 29.1 Å². The van der Waals surface area contributed by atoms with Crippen LogP contribution in [0.1, 0.15) is 5.56 Å². The molecule has 1 aromatic heterocycles. The van der Waals surface area contributed by atoms with Gasteiger partial charge < -0.3 is 16.4 Å². The van der Waals surface area contributed by atoms with Crippen molar-refractivity contribution in [3.05, 3.63) is 52.4 Å². The molecule has 0 atom stereocenters. The molecule has 0 aliphatic carbocycles. The summed E-state index contributed by atoms with van der Waals surface area (Å²) in [6, 6.07) is 8.10. The summed E-state index contributed by atoms with van der Waals surface area (Å²) in [7, 11) is -5.83. The van der Waals surface area contributed by atoms with Gasteiger partial charge in [0.05, 0.1) is 5.56 Å². The molecule has 3 aromatic rings. The van der Waals surface area contributed by atoms with Crippen molar-refractivity contribution < 1.29 is 38.0 Å². The lowest BCUT2D eigenvalue weighted by atomic mass is 9.96. The highest BCUT2D eigenvalue weighted by Gasteiger charge is 2.48. The zero-order valence-electron chi connectivity index (χ0n) is 13.9. The van der Waals surface area contributed by atoms with Gasteiger partial charge in [0.15, 0.2) is 23.0 Å². The fraction of sp³-hybridized carbons (Fsp3) is 0.118. The predicted molar refractivity (Wildman–Crippen MR) is 103 cm³/mol. The van der Waals surface area contributed by atoms with Crippen LogP contribution in [-0.4, -0.2) is 13.9 Å². The van der Waals surface area contributed by atoms with Crippen LogP contribution in [0.2, 0.25) is 0 Å². The summed E-state index contributed by atoms with van der Waals surface area (Å²) in [5.41, 5.74) is -5.03. The molecule has 0 saturated heterocycles. The van der Waals surface area contributed by atoms with Crippen LogP contribution in [0.25, 0.3) is 22.1 Å². The molecule has 0 amide bonds. The summed E-state index contributed by atoms with van der Waals surface area (Å²) in [5.74, 6) is -0.129. The van der Waals surface area contributed by atoms with Crippen molar-refractivity contribution in [2.24, 2.45) is 0 Å². The predicted octanol–water partition coefficient (Wildman–Crippen LogP) is 4.31. The standard InChI is InChI=1S/C17H8F3IO7S/c18-17(19,20)29(23,24)28-9-2-4-11-13(6-9)25-7-12-10-3-1-8(27-21)5-14(10)26-16(22)15(11)12/h1-6H,7H2. The summed E-state index contributed by atoms with van der Waals surface area (Å²) in [6.07, 6.45) is 0. The molecular formula is C17H8F3IO7S. The second-order valence-electron chi connectivity index (χ2n) is 5.91. The maximum Gasteiger partial charge on any atom is 0.534 e. The quantitative estimate of drug-likeness (QED) is 0.212. The number of hydrogen-bond acceptors (Lipinski definition) is 7. The zero-order chi connectivity index (χ0) is 21.0. The van der Waals surface area contributed by atoms with Crippen LogP contribution in [0.3, 0.4) is 0 Å². The average molecular weight is 540 g/mol. The van der Waals surface area contributed by atoms with E-state index in [0.29, 0.717) is 16.7 Å². The lowest BCUT2D eigenvalue weighted by Crippen LogP contribution is -2.28. The summed E-state index contributed by atoms with van der Waals surface area (Å²) in [4.78, 5) is 12.5. The van der Waals surface area contributed by atoms with Crippen LogP contribution < -0.4 is 17.6 Å². The molecule has 2 aromatic carbocycles. The Hall–Kier alpha value is -2.48. The van der Waals surface area contributed by atoms with E-state index in [1.54, 1.807) is 35.1 Å². The lowest BCUT2D eigenvalue weighted by Gasteiger charge is -2.21. The number of halogens is 4. The number of hydrogen-bond donors (Lipinski definition) is 0.